The van der Waals surface area contributed by atoms with E-state index in [1.807, 2.05) is 13.1 Å². The molecule has 1 aromatic heterocycles. The first-order chi connectivity index (χ1) is 10.7. The third kappa shape index (κ3) is 2.94. The first-order valence-electron chi connectivity index (χ1n) is 7.81. The number of carbonyl (C=O) groups is 2. The van der Waals surface area contributed by atoms with Gasteiger partial charge in [-0.25, -0.2) is 14.8 Å². The lowest BCUT2D eigenvalue weighted by molar-refractivity contribution is -0.122. The SMILES string of the molecule is CCCNC(=O)NC(=O)CN1C2CCC1c1cncnc1C2. The number of hydrogen-bond acceptors (Lipinski definition) is 5. The number of aromatic nitrogens is 2. The Hall–Kier alpha value is -2.02. The monoisotopic (exact) mass is 303 g/mol. The summed E-state index contributed by atoms with van der Waals surface area (Å²) in [7, 11) is 0. The molecule has 2 aliphatic heterocycles. The van der Waals surface area contributed by atoms with Gasteiger partial charge in [-0.1, -0.05) is 6.92 Å². The maximum absolute atomic E-state index is 12.1. The third-order valence-electron chi connectivity index (χ3n) is 4.37. The van der Waals surface area contributed by atoms with Gasteiger partial charge in [-0.05, 0) is 19.3 Å². The van der Waals surface area contributed by atoms with E-state index in [-0.39, 0.29) is 18.5 Å². The Morgan fingerprint density at radius 3 is 3.09 bits per heavy atom. The van der Waals surface area contributed by atoms with Crippen molar-refractivity contribution in [3.05, 3.63) is 23.8 Å². The van der Waals surface area contributed by atoms with Crippen LogP contribution in [0, 0.1) is 0 Å². The summed E-state index contributed by atoms with van der Waals surface area (Å²) < 4.78 is 0. The van der Waals surface area contributed by atoms with Crippen LogP contribution in [0.4, 0.5) is 4.79 Å². The van der Waals surface area contributed by atoms with Crippen molar-refractivity contribution in [2.24, 2.45) is 0 Å². The van der Waals surface area contributed by atoms with Gasteiger partial charge in [0.25, 0.3) is 0 Å². The van der Waals surface area contributed by atoms with Crippen LogP contribution in [0.5, 0.6) is 0 Å². The zero-order valence-corrected chi connectivity index (χ0v) is 12.7. The van der Waals surface area contributed by atoms with E-state index in [0.717, 1.165) is 36.9 Å². The molecule has 0 spiro atoms. The molecule has 2 atom stereocenters. The molecule has 3 rings (SSSR count). The highest BCUT2D eigenvalue weighted by Gasteiger charge is 2.41. The van der Waals surface area contributed by atoms with Crippen molar-refractivity contribution in [1.82, 2.24) is 25.5 Å². The number of rotatable bonds is 4. The van der Waals surface area contributed by atoms with Gasteiger partial charge in [0.1, 0.15) is 6.33 Å². The minimum atomic E-state index is -0.417. The van der Waals surface area contributed by atoms with Crippen LogP contribution in [0.25, 0.3) is 0 Å². The number of carbonyl (C=O) groups excluding carboxylic acids is 2. The van der Waals surface area contributed by atoms with Gasteiger partial charge in [-0.2, -0.15) is 0 Å². The highest BCUT2D eigenvalue weighted by atomic mass is 16.2. The lowest BCUT2D eigenvalue weighted by Crippen LogP contribution is -2.48. The number of urea groups is 1. The van der Waals surface area contributed by atoms with Crippen molar-refractivity contribution in [3.63, 3.8) is 0 Å². The van der Waals surface area contributed by atoms with Crippen molar-refractivity contribution < 1.29 is 9.59 Å². The summed E-state index contributed by atoms with van der Waals surface area (Å²) >= 11 is 0. The van der Waals surface area contributed by atoms with Gasteiger partial charge in [0.2, 0.25) is 5.91 Å². The molecule has 3 heterocycles. The second-order valence-electron chi connectivity index (χ2n) is 5.85. The summed E-state index contributed by atoms with van der Waals surface area (Å²) in [6.07, 6.45) is 7.20. The maximum Gasteiger partial charge on any atom is 0.321 e. The Labute approximate surface area is 129 Å². The zero-order valence-electron chi connectivity index (χ0n) is 12.7. The number of imide groups is 1. The molecule has 1 aromatic rings. The van der Waals surface area contributed by atoms with E-state index in [1.54, 1.807) is 6.33 Å². The molecular formula is C15H21N5O2. The van der Waals surface area contributed by atoms with E-state index in [1.165, 1.54) is 0 Å². The molecular weight excluding hydrogens is 282 g/mol. The largest absolute Gasteiger partial charge is 0.338 e. The predicted molar refractivity (Wildman–Crippen MR) is 80.0 cm³/mol. The van der Waals surface area contributed by atoms with E-state index in [2.05, 4.69) is 25.5 Å². The number of fused-ring (bicyclic) bond motifs is 4. The van der Waals surface area contributed by atoms with Gasteiger partial charge in [-0.15, -0.1) is 0 Å². The second-order valence-corrected chi connectivity index (χ2v) is 5.85. The molecule has 1 saturated heterocycles. The van der Waals surface area contributed by atoms with Crippen molar-refractivity contribution >= 4 is 11.9 Å². The van der Waals surface area contributed by atoms with Gasteiger partial charge >= 0.3 is 6.03 Å². The fourth-order valence-electron chi connectivity index (χ4n) is 3.38. The van der Waals surface area contributed by atoms with E-state index >= 15 is 0 Å². The molecule has 0 aromatic carbocycles. The van der Waals surface area contributed by atoms with Crippen LogP contribution in [0.3, 0.4) is 0 Å². The summed E-state index contributed by atoms with van der Waals surface area (Å²) in [5.41, 5.74) is 2.22. The van der Waals surface area contributed by atoms with Crippen LogP contribution in [-0.2, 0) is 11.2 Å². The quantitative estimate of drug-likeness (QED) is 0.858. The fraction of sp³-hybridized carbons (Fsp3) is 0.600. The molecule has 2 unspecified atom stereocenters. The lowest BCUT2D eigenvalue weighted by atomic mass is 9.99. The number of hydrogen-bond donors (Lipinski definition) is 2. The van der Waals surface area contributed by atoms with E-state index in [9.17, 15) is 9.59 Å². The smallest absolute Gasteiger partial charge is 0.321 e. The maximum atomic E-state index is 12.1. The first-order valence-corrected chi connectivity index (χ1v) is 7.81. The molecule has 2 bridgehead atoms. The van der Waals surface area contributed by atoms with E-state index < -0.39 is 6.03 Å². The summed E-state index contributed by atoms with van der Waals surface area (Å²) in [5.74, 6) is -0.259. The van der Waals surface area contributed by atoms with Gasteiger partial charge in [-0.3, -0.25) is 15.0 Å². The Morgan fingerprint density at radius 2 is 2.27 bits per heavy atom. The highest BCUT2D eigenvalue weighted by Crippen LogP contribution is 2.42. The zero-order chi connectivity index (χ0) is 15.5. The summed E-state index contributed by atoms with van der Waals surface area (Å²) in [4.78, 5) is 34.3. The van der Waals surface area contributed by atoms with Crippen LogP contribution >= 0.6 is 0 Å². The fourth-order valence-corrected chi connectivity index (χ4v) is 3.38. The standard InChI is InChI=1S/C15H21N5O2/c1-2-5-17-15(22)19-14(21)8-20-10-3-4-13(20)11-7-16-9-18-12(11)6-10/h7,9-10,13H,2-6,8H2,1H3,(H2,17,19,21,22). The van der Waals surface area contributed by atoms with Gasteiger partial charge in [0.05, 0.1) is 12.2 Å². The van der Waals surface area contributed by atoms with Gasteiger partial charge in [0.15, 0.2) is 0 Å². The van der Waals surface area contributed by atoms with Gasteiger partial charge in [0, 0.05) is 36.8 Å². The van der Waals surface area contributed by atoms with Crippen molar-refractivity contribution in [3.8, 4) is 0 Å². The van der Waals surface area contributed by atoms with Crippen LogP contribution in [0.15, 0.2) is 12.5 Å². The molecule has 7 nitrogen and oxygen atoms in total. The Balaban J connectivity index is 1.62. The van der Waals surface area contributed by atoms with Crippen LogP contribution in [0.2, 0.25) is 0 Å². The molecule has 118 valence electrons. The van der Waals surface area contributed by atoms with Crippen LogP contribution in [0.1, 0.15) is 43.5 Å². The number of nitrogens with one attached hydrogen (secondary N) is 2. The van der Waals surface area contributed by atoms with Crippen molar-refractivity contribution in [2.45, 2.75) is 44.7 Å². The minimum absolute atomic E-state index is 0.194. The molecule has 1 fully saturated rings. The molecule has 22 heavy (non-hydrogen) atoms. The number of nitrogens with zero attached hydrogens (tertiary/aromatic N) is 3. The molecule has 0 saturated carbocycles. The van der Waals surface area contributed by atoms with Crippen LogP contribution in [-0.4, -0.2) is 45.9 Å². The minimum Gasteiger partial charge on any atom is -0.338 e. The lowest BCUT2D eigenvalue weighted by Gasteiger charge is -2.34. The molecule has 7 heteroatoms. The average Bonchev–Trinajstić information content (AvgIpc) is 2.78. The first kappa shape index (κ1) is 14.9. The summed E-state index contributed by atoms with van der Waals surface area (Å²) in [6.45, 7) is 2.77. The summed E-state index contributed by atoms with van der Waals surface area (Å²) in [6, 6.07) is 0.108. The predicted octanol–water partition coefficient (Wildman–Crippen LogP) is 0.774. The van der Waals surface area contributed by atoms with Crippen LogP contribution < -0.4 is 10.6 Å². The second kappa shape index (κ2) is 6.39. The van der Waals surface area contributed by atoms with E-state index in [4.69, 9.17) is 0 Å². The average molecular weight is 303 g/mol. The van der Waals surface area contributed by atoms with E-state index in [0.29, 0.717) is 12.6 Å². The molecule has 2 aliphatic rings. The molecule has 0 aliphatic carbocycles. The third-order valence-corrected chi connectivity index (χ3v) is 4.37. The summed E-state index contributed by atoms with van der Waals surface area (Å²) in [5, 5.41) is 5.04. The van der Waals surface area contributed by atoms with Crippen molar-refractivity contribution in [1.29, 1.82) is 0 Å². The Kier molecular flexibility index (Phi) is 4.33. The Bertz CT molecular complexity index is 577. The normalized spacial score (nSPS) is 23.0. The Morgan fingerprint density at radius 1 is 1.41 bits per heavy atom. The molecule has 0 radical (unpaired) electrons. The van der Waals surface area contributed by atoms with Gasteiger partial charge < -0.3 is 5.32 Å². The molecule has 3 amide bonds. The molecule has 2 N–H and O–H groups in total. The van der Waals surface area contributed by atoms with Crippen molar-refractivity contribution in [2.75, 3.05) is 13.1 Å². The highest BCUT2D eigenvalue weighted by molar-refractivity contribution is 5.95. The number of amides is 3. The topological polar surface area (TPSA) is 87.2 Å².